The number of rotatable bonds is 2. The van der Waals surface area contributed by atoms with E-state index in [4.69, 9.17) is 16.7 Å². The maximum absolute atomic E-state index is 12.5. The molecule has 1 N–H and O–H groups in total. The Labute approximate surface area is 89.8 Å². The van der Waals surface area contributed by atoms with Crippen molar-refractivity contribution >= 4 is 17.5 Å². The van der Waals surface area contributed by atoms with Crippen molar-refractivity contribution in [2.75, 3.05) is 25.6 Å². The first-order chi connectivity index (χ1) is 6.90. The zero-order valence-electron chi connectivity index (χ0n) is 7.80. The first-order valence-corrected chi connectivity index (χ1v) is 4.95. The molecule has 1 saturated heterocycles. The minimum absolute atomic E-state index is 0.0772. The van der Waals surface area contributed by atoms with Crippen molar-refractivity contribution in [1.82, 2.24) is 4.90 Å². The van der Waals surface area contributed by atoms with Crippen molar-refractivity contribution in [3.63, 3.8) is 0 Å². The molecular formula is C8H11ClF3NO2. The monoisotopic (exact) mass is 245 g/mol. The number of halogens is 4. The summed E-state index contributed by atoms with van der Waals surface area (Å²) in [6.45, 7) is -1.05. The summed E-state index contributed by atoms with van der Waals surface area (Å²) in [5, 5.41) is 8.80. The normalized spacial score (nSPS) is 27.1. The third kappa shape index (κ3) is 2.75. The summed E-state index contributed by atoms with van der Waals surface area (Å²) in [5.41, 5.74) is 0. The summed E-state index contributed by atoms with van der Waals surface area (Å²) >= 11 is 5.25. The Morgan fingerprint density at radius 3 is 2.40 bits per heavy atom. The maximum Gasteiger partial charge on any atom is 0.393 e. The van der Waals surface area contributed by atoms with Gasteiger partial charge in [0.1, 0.15) is 5.88 Å². The van der Waals surface area contributed by atoms with Gasteiger partial charge >= 0.3 is 6.18 Å². The minimum atomic E-state index is -4.38. The predicted octanol–water partition coefficient (Wildman–Crippen LogP) is 0.854. The molecule has 1 heterocycles. The van der Waals surface area contributed by atoms with Crippen LogP contribution < -0.4 is 0 Å². The van der Waals surface area contributed by atoms with Gasteiger partial charge in [0.2, 0.25) is 5.91 Å². The van der Waals surface area contributed by atoms with Crippen molar-refractivity contribution in [3.05, 3.63) is 0 Å². The molecule has 1 aliphatic rings. The summed E-state index contributed by atoms with van der Waals surface area (Å²) in [6, 6.07) is 0. The molecule has 0 aromatic heterocycles. The topological polar surface area (TPSA) is 40.5 Å². The SMILES string of the molecule is O=C(CCl)N1C[C@@H](CO)[C@@H](C(F)(F)F)C1. The predicted molar refractivity (Wildman–Crippen MR) is 47.4 cm³/mol. The van der Waals surface area contributed by atoms with E-state index in [-0.39, 0.29) is 12.4 Å². The molecule has 0 saturated carbocycles. The molecule has 0 unspecified atom stereocenters. The molecule has 1 fully saturated rings. The number of hydrogen-bond donors (Lipinski definition) is 1. The van der Waals surface area contributed by atoms with Crippen LogP contribution in [0.2, 0.25) is 0 Å². The molecule has 1 amide bonds. The fourth-order valence-electron chi connectivity index (χ4n) is 1.72. The molecular weight excluding hydrogens is 235 g/mol. The van der Waals surface area contributed by atoms with Crippen LogP contribution in [0.5, 0.6) is 0 Å². The van der Waals surface area contributed by atoms with Crippen LogP contribution in [0.3, 0.4) is 0 Å². The molecule has 7 heteroatoms. The Balaban J connectivity index is 2.71. The summed E-state index contributed by atoms with van der Waals surface area (Å²) < 4.78 is 37.4. The zero-order chi connectivity index (χ0) is 11.6. The first-order valence-electron chi connectivity index (χ1n) is 4.41. The van der Waals surface area contributed by atoms with Crippen LogP contribution in [-0.4, -0.2) is 47.7 Å². The van der Waals surface area contributed by atoms with Crippen LogP contribution in [0.1, 0.15) is 0 Å². The number of aliphatic hydroxyl groups is 1. The van der Waals surface area contributed by atoms with Crippen molar-refractivity contribution in [3.8, 4) is 0 Å². The molecule has 0 radical (unpaired) electrons. The zero-order valence-corrected chi connectivity index (χ0v) is 8.55. The first kappa shape index (κ1) is 12.6. The smallest absolute Gasteiger partial charge is 0.393 e. The quantitative estimate of drug-likeness (QED) is 0.733. The number of carbonyl (C=O) groups is 1. The number of likely N-dealkylation sites (tertiary alicyclic amines) is 1. The highest BCUT2D eigenvalue weighted by Gasteiger charge is 2.50. The number of aliphatic hydroxyl groups excluding tert-OH is 1. The second-order valence-corrected chi connectivity index (χ2v) is 3.79. The van der Waals surface area contributed by atoms with Gasteiger partial charge in [-0.2, -0.15) is 13.2 Å². The van der Waals surface area contributed by atoms with Gasteiger partial charge in [-0.3, -0.25) is 4.79 Å². The van der Waals surface area contributed by atoms with E-state index in [0.29, 0.717) is 0 Å². The van der Waals surface area contributed by atoms with E-state index in [2.05, 4.69) is 0 Å². The number of amides is 1. The maximum atomic E-state index is 12.5. The lowest BCUT2D eigenvalue weighted by Crippen LogP contribution is -2.33. The van der Waals surface area contributed by atoms with Gasteiger partial charge in [0.05, 0.1) is 5.92 Å². The molecule has 3 nitrogen and oxygen atoms in total. The van der Waals surface area contributed by atoms with E-state index in [1.165, 1.54) is 0 Å². The molecule has 0 bridgehead atoms. The van der Waals surface area contributed by atoms with Crippen molar-refractivity contribution in [2.24, 2.45) is 11.8 Å². The van der Waals surface area contributed by atoms with Crippen LogP contribution in [0.25, 0.3) is 0 Å². The molecule has 88 valence electrons. The average Bonchev–Trinajstić information content (AvgIpc) is 2.59. The van der Waals surface area contributed by atoms with E-state index in [0.717, 1.165) is 4.90 Å². The van der Waals surface area contributed by atoms with Gasteiger partial charge in [0.25, 0.3) is 0 Å². The molecule has 15 heavy (non-hydrogen) atoms. The fraction of sp³-hybridized carbons (Fsp3) is 0.875. The molecule has 0 aliphatic carbocycles. The average molecular weight is 246 g/mol. The standard InChI is InChI=1S/C8H11ClF3NO2/c9-1-7(15)13-2-5(4-14)6(3-13)8(10,11)12/h5-6,14H,1-4H2/t5-,6-/m0/s1. The second-order valence-electron chi connectivity index (χ2n) is 3.52. The fourth-order valence-corrected chi connectivity index (χ4v) is 1.88. The van der Waals surface area contributed by atoms with Gasteiger partial charge in [0, 0.05) is 25.6 Å². The number of hydrogen-bond acceptors (Lipinski definition) is 2. The molecule has 1 aliphatic heterocycles. The lowest BCUT2D eigenvalue weighted by Gasteiger charge is -2.18. The summed E-state index contributed by atoms with van der Waals surface area (Å²) in [4.78, 5) is 12.1. The highest BCUT2D eigenvalue weighted by Crippen LogP contribution is 2.37. The van der Waals surface area contributed by atoms with Crippen LogP contribution in [0, 0.1) is 11.8 Å². The van der Waals surface area contributed by atoms with E-state index in [1.54, 1.807) is 0 Å². The van der Waals surface area contributed by atoms with Gasteiger partial charge in [-0.1, -0.05) is 0 Å². The Hall–Kier alpha value is -0.490. The van der Waals surface area contributed by atoms with Gasteiger partial charge in [-0.25, -0.2) is 0 Å². The Kier molecular flexibility index (Phi) is 3.83. The lowest BCUT2D eigenvalue weighted by atomic mass is 9.97. The van der Waals surface area contributed by atoms with E-state index in [9.17, 15) is 18.0 Å². The Morgan fingerprint density at radius 1 is 1.47 bits per heavy atom. The number of carbonyl (C=O) groups excluding carboxylic acids is 1. The number of nitrogens with zero attached hydrogens (tertiary/aromatic N) is 1. The van der Waals surface area contributed by atoms with Gasteiger partial charge in [0.15, 0.2) is 0 Å². The molecule has 0 aromatic carbocycles. The van der Waals surface area contributed by atoms with Crippen LogP contribution in [0.15, 0.2) is 0 Å². The molecule has 1 rings (SSSR count). The van der Waals surface area contributed by atoms with Gasteiger partial charge < -0.3 is 10.0 Å². The van der Waals surface area contributed by atoms with Gasteiger partial charge in [-0.15, -0.1) is 11.6 Å². The van der Waals surface area contributed by atoms with Crippen molar-refractivity contribution < 1.29 is 23.1 Å². The molecule has 0 aromatic rings. The molecule has 0 spiro atoms. The van der Waals surface area contributed by atoms with Crippen LogP contribution in [-0.2, 0) is 4.79 Å². The van der Waals surface area contributed by atoms with E-state index < -0.39 is 37.1 Å². The highest BCUT2D eigenvalue weighted by molar-refractivity contribution is 6.27. The second kappa shape index (κ2) is 4.57. The van der Waals surface area contributed by atoms with Crippen LogP contribution >= 0.6 is 11.6 Å². The van der Waals surface area contributed by atoms with Crippen molar-refractivity contribution in [1.29, 1.82) is 0 Å². The van der Waals surface area contributed by atoms with Crippen LogP contribution in [0.4, 0.5) is 13.2 Å². The lowest BCUT2D eigenvalue weighted by molar-refractivity contribution is -0.183. The number of alkyl halides is 4. The Bertz CT molecular complexity index is 247. The highest BCUT2D eigenvalue weighted by atomic mass is 35.5. The largest absolute Gasteiger partial charge is 0.396 e. The third-order valence-corrected chi connectivity index (χ3v) is 2.79. The summed E-state index contributed by atoms with van der Waals surface area (Å²) in [7, 11) is 0. The Morgan fingerprint density at radius 2 is 2.07 bits per heavy atom. The minimum Gasteiger partial charge on any atom is -0.396 e. The third-order valence-electron chi connectivity index (χ3n) is 2.56. The van der Waals surface area contributed by atoms with E-state index >= 15 is 0 Å². The van der Waals surface area contributed by atoms with Crippen molar-refractivity contribution in [2.45, 2.75) is 6.18 Å². The van der Waals surface area contributed by atoms with E-state index in [1.807, 2.05) is 0 Å². The van der Waals surface area contributed by atoms with Gasteiger partial charge in [-0.05, 0) is 0 Å². The summed E-state index contributed by atoms with van der Waals surface area (Å²) in [6.07, 6.45) is -4.38. The molecule has 2 atom stereocenters. The summed E-state index contributed by atoms with van der Waals surface area (Å²) in [5.74, 6) is -3.43.